The number of benzene rings is 1. The first-order chi connectivity index (χ1) is 12.6. The number of guanidine groups is 1. The van der Waals surface area contributed by atoms with Crippen LogP contribution in [-0.2, 0) is 4.79 Å². The van der Waals surface area contributed by atoms with Crippen molar-refractivity contribution in [1.29, 1.82) is 0 Å². The number of amides is 1. The van der Waals surface area contributed by atoms with Gasteiger partial charge in [0.25, 0.3) is 5.91 Å². The molecule has 0 saturated heterocycles. The van der Waals surface area contributed by atoms with Gasteiger partial charge in [0.2, 0.25) is 0 Å². The summed E-state index contributed by atoms with van der Waals surface area (Å²) in [5.74, 6) is -0.317. The van der Waals surface area contributed by atoms with Crippen molar-refractivity contribution in [2.45, 2.75) is 19.3 Å². The van der Waals surface area contributed by atoms with Crippen molar-refractivity contribution in [3.8, 4) is 0 Å². The van der Waals surface area contributed by atoms with Crippen molar-refractivity contribution < 1.29 is 19.8 Å². The lowest BCUT2D eigenvalue weighted by Crippen LogP contribution is -2.48. The molecule has 8 heteroatoms. The number of rotatable bonds is 10. The minimum absolute atomic E-state index is 0.00834. The molecule has 2 rings (SSSR count). The zero-order chi connectivity index (χ0) is 18.8. The smallest absolute Gasteiger partial charge is 0.303 e. The molecule has 1 amide bonds. The Bertz CT molecular complexity index is 621. The number of carboxylic acids is 1. The first kappa shape index (κ1) is 19.7. The van der Waals surface area contributed by atoms with Crippen LogP contribution in [0.3, 0.4) is 0 Å². The van der Waals surface area contributed by atoms with Crippen molar-refractivity contribution in [3.63, 3.8) is 0 Å². The molecule has 0 radical (unpaired) electrons. The fourth-order valence-corrected chi connectivity index (χ4v) is 2.73. The maximum atomic E-state index is 12.9. The van der Waals surface area contributed by atoms with Crippen LogP contribution in [0, 0.1) is 0 Å². The summed E-state index contributed by atoms with van der Waals surface area (Å²) in [5.41, 5.74) is 0.561. The van der Waals surface area contributed by atoms with Gasteiger partial charge in [-0.15, -0.1) is 0 Å². The molecule has 26 heavy (non-hydrogen) atoms. The molecule has 1 aromatic rings. The topological polar surface area (TPSA) is 105 Å². The minimum atomic E-state index is -0.879. The number of carbonyl (C=O) groups excluding carboxylic acids is 1. The summed E-state index contributed by atoms with van der Waals surface area (Å²) >= 11 is 0. The van der Waals surface area contributed by atoms with Gasteiger partial charge in [0.15, 0.2) is 5.96 Å². The zero-order valence-electron chi connectivity index (χ0n) is 14.8. The summed E-state index contributed by atoms with van der Waals surface area (Å²) in [6.07, 6.45) is 0.944. The van der Waals surface area contributed by atoms with Crippen molar-refractivity contribution in [2.24, 2.45) is 4.99 Å². The number of aliphatic hydroxyl groups excluding tert-OH is 1. The Labute approximate surface area is 153 Å². The van der Waals surface area contributed by atoms with E-state index >= 15 is 0 Å². The average molecular weight is 362 g/mol. The molecule has 0 spiro atoms. The highest BCUT2D eigenvalue weighted by atomic mass is 16.4. The van der Waals surface area contributed by atoms with Crippen LogP contribution >= 0.6 is 0 Å². The Hall–Kier alpha value is -2.61. The predicted molar refractivity (Wildman–Crippen MR) is 97.9 cm³/mol. The highest BCUT2D eigenvalue weighted by molar-refractivity contribution is 5.94. The van der Waals surface area contributed by atoms with Crippen LogP contribution in [0.5, 0.6) is 0 Å². The third-order valence-electron chi connectivity index (χ3n) is 4.01. The van der Waals surface area contributed by atoms with Gasteiger partial charge in [0, 0.05) is 38.2 Å². The summed E-state index contributed by atoms with van der Waals surface area (Å²) in [5, 5.41) is 21.2. The number of aliphatic carboxylic acids is 1. The second-order valence-electron chi connectivity index (χ2n) is 6.05. The Morgan fingerprint density at radius 1 is 1.15 bits per heavy atom. The van der Waals surface area contributed by atoms with Crippen LogP contribution in [0.15, 0.2) is 35.3 Å². The lowest BCUT2D eigenvalue weighted by Gasteiger charge is -2.32. The number of aliphatic imine (C=N–C) groups is 1. The first-order valence-electron chi connectivity index (χ1n) is 8.82. The van der Waals surface area contributed by atoms with Crippen molar-refractivity contribution in [2.75, 3.05) is 39.5 Å². The van der Waals surface area contributed by atoms with E-state index in [1.165, 1.54) is 0 Å². The van der Waals surface area contributed by atoms with Crippen molar-refractivity contribution in [1.82, 2.24) is 15.1 Å². The van der Waals surface area contributed by atoms with Crippen molar-refractivity contribution in [3.05, 3.63) is 35.9 Å². The van der Waals surface area contributed by atoms with E-state index in [-0.39, 0.29) is 18.9 Å². The Morgan fingerprint density at radius 2 is 1.92 bits per heavy atom. The van der Waals surface area contributed by atoms with Gasteiger partial charge in [0.1, 0.15) is 0 Å². The van der Waals surface area contributed by atoms with E-state index in [0.717, 1.165) is 6.54 Å². The second-order valence-corrected chi connectivity index (χ2v) is 6.05. The van der Waals surface area contributed by atoms with Gasteiger partial charge in [0.05, 0.1) is 13.2 Å². The third kappa shape index (κ3) is 6.03. The molecule has 1 aliphatic heterocycles. The summed E-state index contributed by atoms with van der Waals surface area (Å²) in [7, 11) is 0. The molecule has 0 bridgehead atoms. The molecule has 0 saturated carbocycles. The summed E-state index contributed by atoms with van der Waals surface area (Å²) < 4.78 is 0. The van der Waals surface area contributed by atoms with E-state index < -0.39 is 5.97 Å². The maximum Gasteiger partial charge on any atom is 0.303 e. The molecule has 142 valence electrons. The molecule has 1 heterocycles. The average Bonchev–Trinajstić information content (AvgIpc) is 3.18. The lowest BCUT2D eigenvalue weighted by molar-refractivity contribution is -0.137. The molecule has 1 aromatic carbocycles. The fraction of sp³-hybridized carbons (Fsp3) is 0.500. The summed E-state index contributed by atoms with van der Waals surface area (Å²) in [4.78, 5) is 31.7. The number of aliphatic hydroxyl groups is 1. The lowest BCUT2D eigenvalue weighted by atomic mass is 10.2. The maximum absolute atomic E-state index is 12.9. The van der Waals surface area contributed by atoms with Gasteiger partial charge in [-0.2, -0.15) is 0 Å². The van der Waals surface area contributed by atoms with E-state index in [2.05, 4.69) is 10.3 Å². The predicted octanol–water partition coefficient (Wildman–Crippen LogP) is 0.595. The molecule has 0 unspecified atom stereocenters. The second kappa shape index (κ2) is 10.4. The molecule has 0 fully saturated rings. The van der Waals surface area contributed by atoms with E-state index in [9.17, 15) is 9.59 Å². The van der Waals surface area contributed by atoms with Crippen LogP contribution in [0.4, 0.5) is 0 Å². The summed E-state index contributed by atoms with van der Waals surface area (Å²) in [6, 6.07) is 8.94. The molecule has 0 aliphatic carbocycles. The van der Waals surface area contributed by atoms with Crippen LogP contribution in [0.25, 0.3) is 0 Å². The van der Waals surface area contributed by atoms with E-state index in [1.54, 1.807) is 29.2 Å². The molecule has 0 atom stereocenters. The molecule has 1 aliphatic rings. The molecule has 0 aromatic heterocycles. The highest BCUT2D eigenvalue weighted by Gasteiger charge is 2.22. The Morgan fingerprint density at radius 3 is 2.54 bits per heavy atom. The number of hydrogen-bond acceptors (Lipinski definition) is 6. The van der Waals surface area contributed by atoms with E-state index in [1.807, 2.05) is 11.0 Å². The monoisotopic (exact) mass is 362 g/mol. The Kier molecular flexibility index (Phi) is 7.88. The third-order valence-corrected chi connectivity index (χ3v) is 4.01. The molecule has 3 N–H and O–H groups in total. The van der Waals surface area contributed by atoms with Crippen LogP contribution in [0.1, 0.15) is 29.6 Å². The van der Waals surface area contributed by atoms with Gasteiger partial charge in [-0.05, 0) is 25.0 Å². The SMILES string of the molecule is O=C(O)CCCN(CN(CCCO)C1=NCCN1)C(=O)c1ccccc1. The van der Waals surface area contributed by atoms with Gasteiger partial charge < -0.3 is 25.3 Å². The van der Waals surface area contributed by atoms with Gasteiger partial charge in [-0.1, -0.05) is 18.2 Å². The van der Waals surface area contributed by atoms with Gasteiger partial charge >= 0.3 is 5.97 Å². The quantitative estimate of drug-likeness (QED) is 0.526. The highest BCUT2D eigenvalue weighted by Crippen LogP contribution is 2.09. The normalized spacial score (nSPS) is 13.0. The van der Waals surface area contributed by atoms with Crippen LogP contribution in [0.2, 0.25) is 0 Å². The number of hydrogen-bond donors (Lipinski definition) is 3. The van der Waals surface area contributed by atoms with Crippen LogP contribution < -0.4 is 5.32 Å². The van der Waals surface area contributed by atoms with E-state index in [4.69, 9.17) is 10.2 Å². The number of nitrogens with zero attached hydrogens (tertiary/aromatic N) is 3. The fourth-order valence-electron chi connectivity index (χ4n) is 2.73. The molecular weight excluding hydrogens is 336 g/mol. The first-order valence-corrected chi connectivity index (χ1v) is 8.82. The number of nitrogens with one attached hydrogen (secondary N) is 1. The minimum Gasteiger partial charge on any atom is -0.481 e. The molecule has 8 nitrogen and oxygen atoms in total. The number of carboxylic acid groups (broad SMARTS) is 1. The largest absolute Gasteiger partial charge is 0.481 e. The Balaban J connectivity index is 2.11. The van der Waals surface area contributed by atoms with Gasteiger partial charge in [-0.25, -0.2) is 0 Å². The number of carbonyl (C=O) groups is 2. The summed E-state index contributed by atoms with van der Waals surface area (Å²) in [6.45, 7) is 2.66. The van der Waals surface area contributed by atoms with Gasteiger partial charge in [-0.3, -0.25) is 14.6 Å². The molecular formula is C18H26N4O4. The standard InChI is InChI=1S/C18H26N4O4/c23-13-5-12-22(18-19-9-10-20-18)14-21(11-4-8-16(24)25)17(26)15-6-2-1-3-7-15/h1-3,6-7,23H,4-5,8-14H2,(H,19,20)(H,24,25). The zero-order valence-corrected chi connectivity index (χ0v) is 14.8. The van der Waals surface area contributed by atoms with Crippen LogP contribution in [-0.4, -0.2) is 77.3 Å². The van der Waals surface area contributed by atoms with E-state index in [0.29, 0.717) is 50.7 Å². The van der Waals surface area contributed by atoms with Crippen molar-refractivity contribution >= 4 is 17.8 Å².